The molecule has 3 aromatic rings. The second kappa shape index (κ2) is 12.5. The molecule has 3 rings (SSSR count). The van der Waals surface area contributed by atoms with Gasteiger partial charge in [0, 0.05) is 19.5 Å². The van der Waals surface area contributed by atoms with Crippen molar-refractivity contribution in [1.82, 2.24) is 0 Å². The van der Waals surface area contributed by atoms with Crippen LogP contribution in [0.15, 0.2) is 91.0 Å². The van der Waals surface area contributed by atoms with Gasteiger partial charge in [-0.25, -0.2) is 0 Å². The van der Waals surface area contributed by atoms with Crippen LogP contribution in [0.4, 0.5) is 0 Å². The smallest absolute Gasteiger partial charge is 0 e. The molecule has 0 bridgehead atoms. The zero-order valence-electron chi connectivity index (χ0n) is 12.4. The second-order valence-corrected chi connectivity index (χ2v) is 14.6. The van der Waals surface area contributed by atoms with Crippen molar-refractivity contribution in [1.29, 1.82) is 0 Å². The van der Waals surface area contributed by atoms with Crippen LogP contribution in [0.5, 0.6) is 0 Å². The van der Waals surface area contributed by atoms with Crippen LogP contribution in [0.1, 0.15) is 0 Å². The summed E-state index contributed by atoms with van der Waals surface area (Å²) in [5.74, 6) is 0. The Kier molecular flexibility index (Phi) is 11.6. The van der Waals surface area contributed by atoms with Crippen molar-refractivity contribution in [2.45, 2.75) is 0 Å². The molecule has 0 spiro atoms. The van der Waals surface area contributed by atoms with Gasteiger partial charge in [0.15, 0.2) is 0 Å². The SMILES string of the molecule is [Cl][Ru]([Cl])[Cl].[Ru].c1ccc(P(c2ccccc2)c2ccccc2)cc1. The molecule has 0 aliphatic rings. The summed E-state index contributed by atoms with van der Waals surface area (Å²) in [6.07, 6.45) is 0. The van der Waals surface area contributed by atoms with Gasteiger partial charge in [-0.3, -0.25) is 0 Å². The third-order valence-electron chi connectivity index (χ3n) is 3.04. The molecule has 0 unspecified atom stereocenters. The molecule has 0 atom stereocenters. The molecule has 0 fully saturated rings. The molecule has 0 aliphatic carbocycles. The summed E-state index contributed by atoms with van der Waals surface area (Å²) in [5, 5.41) is 4.19. The topological polar surface area (TPSA) is 0 Å². The molecule has 0 saturated heterocycles. The fraction of sp³-hybridized carbons (Fsp3) is 0. The number of halogens is 3. The zero-order chi connectivity index (χ0) is 16.5. The number of rotatable bonds is 3. The number of benzene rings is 3. The Bertz CT molecular complexity index is 586. The van der Waals surface area contributed by atoms with E-state index >= 15 is 0 Å². The maximum Gasteiger partial charge on any atom is 0 e. The minimum atomic E-state index is -1.75. The summed E-state index contributed by atoms with van der Waals surface area (Å²) in [7, 11) is 14.4. The molecule has 0 amide bonds. The molecule has 129 valence electrons. The molecule has 24 heavy (non-hydrogen) atoms. The van der Waals surface area contributed by atoms with Crippen LogP contribution in [0.3, 0.4) is 0 Å². The molecule has 0 heterocycles. The first-order valence-corrected chi connectivity index (χ1v) is 14.9. The van der Waals surface area contributed by atoms with Gasteiger partial charge in [-0.05, 0) is 23.8 Å². The van der Waals surface area contributed by atoms with Crippen LogP contribution < -0.4 is 15.9 Å². The monoisotopic (exact) mass is 571 g/mol. The quantitative estimate of drug-likeness (QED) is 0.288. The first-order valence-electron chi connectivity index (χ1n) is 6.80. The van der Waals surface area contributed by atoms with E-state index in [-0.39, 0.29) is 19.5 Å². The fourth-order valence-corrected chi connectivity index (χ4v) is 4.48. The van der Waals surface area contributed by atoms with Gasteiger partial charge in [0.1, 0.15) is 0 Å². The van der Waals surface area contributed by atoms with E-state index in [1.54, 1.807) is 0 Å². The molecular formula is C18H15Cl3PRu2. The van der Waals surface area contributed by atoms with E-state index in [9.17, 15) is 0 Å². The van der Waals surface area contributed by atoms with E-state index in [4.69, 9.17) is 29.1 Å². The van der Waals surface area contributed by atoms with Gasteiger partial charge in [0.05, 0.1) is 0 Å². The summed E-state index contributed by atoms with van der Waals surface area (Å²) < 4.78 is 0. The van der Waals surface area contributed by atoms with Crippen molar-refractivity contribution in [3.8, 4) is 0 Å². The van der Waals surface area contributed by atoms with Gasteiger partial charge in [0.2, 0.25) is 0 Å². The summed E-state index contributed by atoms with van der Waals surface area (Å²) in [6.45, 7) is 0. The summed E-state index contributed by atoms with van der Waals surface area (Å²) in [4.78, 5) is 0. The molecular weight excluding hydrogens is 556 g/mol. The standard InChI is InChI=1S/C18H15P.3ClH.2Ru/c1-4-10-16(11-5-1)19(17-12-6-2-7-13-17)18-14-8-3-9-15-18;;;;;/h1-15H;3*1H;;/q;;;;;+3/p-3. The maximum absolute atomic E-state index is 4.95. The molecule has 0 saturated carbocycles. The van der Waals surface area contributed by atoms with Crippen molar-refractivity contribution in [2.75, 3.05) is 0 Å². The van der Waals surface area contributed by atoms with Gasteiger partial charge in [0.25, 0.3) is 0 Å². The Balaban J connectivity index is 0.000000522. The summed E-state index contributed by atoms with van der Waals surface area (Å²) >= 11 is -1.75. The normalized spacial score (nSPS) is 10.2. The van der Waals surface area contributed by atoms with E-state index in [2.05, 4.69) is 91.0 Å². The molecule has 3 aromatic carbocycles. The Labute approximate surface area is 175 Å². The largest absolute Gasteiger partial charge is 0.0622 e. The van der Waals surface area contributed by atoms with Crippen molar-refractivity contribution in [2.24, 2.45) is 0 Å². The first kappa shape index (κ1) is 22.2. The average Bonchev–Trinajstić information content (AvgIpc) is 2.58. The minimum absolute atomic E-state index is 0. The van der Waals surface area contributed by atoms with Crippen molar-refractivity contribution < 1.29 is 32.5 Å². The molecule has 0 radical (unpaired) electrons. The Hall–Kier alpha value is 0.207. The van der Waals surface area contributed by atoms with Gasteiger partial charge in [-0.2, -0.15) is 0 Å². The Morgan fingerprint density at radius 1 is 0.500 bits per heavy atom. The molecule has 0 aliphatic heterocycles. The second-order valence-electron chi connectivity index (χ2n) is 4.49. The number of hydrogen-bond donors (Lipinski definition) is 0. The van der Waals surface area contributed by atoms with Crippen LogP contribution >= 0.6 is 37.0 Å². The third-order valence-corrected chi connectivity index (χ3v) is 5.49. The van der Waals surface area contributed by atoms with Crippen molar-refractivity contribution >= 4 is 52.9 Å². The van der Waals surface area contributed by atoms with Gasteiger partial charge < -0.3 is 0 Å². The van der Waals surface area contributed by atoms with Gasteiger partial charge >= 0.3 is 42.1 Å². The van der Waals surface area contributed by atoms with E-state index in [1.807, 2.05) is 0 Å². The van der Waals surface area contributed by atoms with E-state index in [0.29, 0.717) is 0 Å². The van der Waals surface area contributed by atoms with Crippen LogP contribution in [0.2, 0.25) is 0 Å². The third kappa shape index (κ3) is 7.62. The summed E-state index contributed by atoms with van der Waals surface area (Å²) in [6, 6.07) is 32.3. The predicted molar refractivity (Wildman–Crippen MR) is 103 cm³/mol. The predicted octanol–water partition coefficient (Wildman–Crippen LogP) is 5.51. The zero-order valence-corrected chi connectivity index (χ0v) is 19.1. The fourth-order valence-electron chi connectivity index (χ4n) is 2.18. The Morgan fingerprint density at radius 2 is 0.708 bits per heavy atom. The molecule has 6 heteroatoms. The van der Waals surface area contributed by atoms with E-state index in [1.165, 1.54) is 15.9 Å². The van der Waals surface area contributed by atoms with E-state index in [0.717, 1.165) is 0 Å². The van der Waals surface area contributed by atoms with Gasteiger partial charge in [-0.1, -0.05) is 91.0 Å². The van der Waals surface area contributed by atoms with Crippen molar-refractivity contribution in [3.05, 3.63) is 91.0 Å². The Morgan fingerprint density at radius 3 is 0.917 bits per heavy atom. The van der Waals surface area contributed by atoms with Crippen LogP contribution in [0.25, 0.3) is 0 Å². The molecule has 0 aromatic heterocycles. The van der Waals surface area contributed by atoms with Crippen LogP contribution in [0, 0.1) is 0 Å². The van der Waals surface area contributed by atoms with Crippen LogP contribution in [-0.2, 0) is 32.5 Å². The average molecular weight is 571 g/mol. The van der Waals surface area contributed by atoms with Gasteiger partial charge in [-0.15, -0.1) is 0 Å². The minimum Gasteiger partial charge on any atom is -0.0622 e. The van der Waals surface area contributed by atoms with Crippen LogP contribution in [-0.4, -0.2) is 0 Å². The number of hydrogen-bond acceptors (Lipinski definition) is 0. The first-order chi connectivity index (χ1) is 11.2. The molecule has 0 nitrogen and oxygen atoms in total. The van der Waals surface area contributed by atoms with Crippen molar-refractivity contribution in [3.63, 3.8) is 0 Å². The maximum atomic E-state index is 4.95. The molecule has 0 N–H and O–H groups in total. The summed E-state index contributed by atoms with van der Waals surface area (Å²) in [5.41, 5.74) is 0. The van der Waals surface area contributed by atoms with E-state index < -0.39 is 20.9 Å².